The molecule has 0 aliphatic carbocycles. The Hall–Kier alpha value is -1.59. The summed E-state index contributed by atoms with van der Waals surface area (Å²) in [6.07, 6.45) is 0. The van der Waals surface area contributed by atoms with Crippen molar-refractivity contribution in [2.45, 2.75) is 6.92 Å². The van der Waals surface area contributed by atoms with Gasteiger partial charge in [-0.1, -0.05) is 11.6 Å². The van der Waals surface area contributed by atoms with Crippen LogP contribution in [0.25, 0.3) is 0 Å². The fraction of sp³-hybridized carbons (Fsp3) is 0.182. The van der Waals surface area contributed by atoms with Gasteiger partial charge in [-0.15, -0.1) is 0 Å². The molecule has 1 aromatic carbocycles. The maximum absolute atomic E-state index is 5.93. The highest BCUT2D eigenvalue weighted by molar-refractivity contribution is 6.31. The Kier molecular flexibility index (Phi) is 3.84. The largest absolute Gasteiger partial charge is 0.424 e. The number of aromatic nitrogens is 3. The number of aryl methyl sites for hydroxylation is 1. The second kappa shape index (κ2) is 5.37. The van der Waals surface area contributed by atoms with Crippen LogP contribution in [-0.2, 0) is 0 Å². The van der Waals surface area contributed by atoms with Gasteiger partial charge in [0.2, 0.25) is 11.2 Å². The van der Waals surface area contributed by atoms with Crippen molar-refractivity contribution in [2.75, 3.05) is 12.4 Å². The van der Waals surface area contributed by atoms with Gasteiger partial charge in [-0.05, 0) is 42.3 Å². The van der Waals surface area contributed by atoms with Crippen LogP contribution in [-0.4, -0.2) is 22.0 Å². The van der Waals surface area contributed by atoms with E-state index in [0.717, 1.165) is 5.56 Å². The van der Waals surface area contributed by atoms with Crippen LogP contribution in [0, 0.1) is 6.92 Å². The fourth-order valence-electron chi connectivity index (χ4n) is 1.28. The van der Waals surface area contributed by atoms with E-state index in [9.17, 15) is 0 Å². The summed E-state index contributed by atoms with van der Waals surface area (Å²) in [5.41, 5.74) is 0.906. The minimum Gasteiger partial charge on any atom is -0.424 e. The Bertz CT molecular complexity index is 577. The van der Waals surface area contributed by atoms with Crippen molar-refractivity contribution in [2.24, 2.45) is 0 Å². The molecule has 0 amide bonds. The third-order valence-electron chi connectivity index (χ3n) is 2.15. The van der Waals surface area contributed by atoms with Gasteiger partial charge in [0.05, 0.1) is 0 Å². The molecular formula is C11H10Cl2N4O. The van der Waals surface area contributed by atoms with Crippen molar-refractivity contribution < 1.29 is 4.74 Å². The lowest BCUT2D eigenvalue weighted by Crippen LogP contribution is -2.01. The number of rotatable bonds is 3. The van der Waals surface area contributed by atoms with Crippen LogP contribution in [0.4, 0.5) is 5.95 Å². The predicted molar refractivity (Wildman–Crippen MR) is 70.6 cm³/mol. The fourth-order valence-corrected chi connectivity index (χ4v) is 1.55. The zero-order valence-corrected chi connectivity index (χ0v) is 11.2. The topological polar surface area (TPSA) is 59.9 Å². The summed E-state index contributed by atoms with van der Waals surface area (Å²) in [4.78, 5) is 11.8. The molecule has 0 radical (unpaired) electrons. The second-order valence-corrected chi connectivity index (χ2v) is 4.22. The Labute approximate surface area is 114 Å². The molecule has 0 atom stereocenters. The summed E-state index contributed by atoms with van der Waals surface area (Å²) in [6.45, 7) is 1.88. The first-order chi connectivity index (χ1) is 8.58. The minimum absolute atomic E-state index is 0.0648. The van der Waals surface area contributed by atoms with E-state index >= 15 is 0 Å². The van der Waals surface area contributed by atoms with Crippen molar-refractivity contribution in [1.29, 1.82) is 0 Å². The second-order valence-electron chi connectivity index (χ2n) is 3.47. The van der Waals surface area contributed by atoms with Crippen molar-refractivity contribution in [1.82, 2.24) is 15.0 Å². The lowest BCUT2D eigenvalue weighted by atomic mass is 10.2. The smallest absolute Gasteiger partial charge is 0.328 e. The number of benzene rings is 1. The molecule has 0 aliphatic heterocycles. The standard InChI is InChI=1S/C11H10Cl2N4O/c1-6-5-7(3-4-8(6)12)18-11-16-9(13)15-10(14-2)17-11/h3-5H,1-2H3,(H,14,15,16,17). The zero-order chi connectivity index (χ0) is 13.1. The van der Waals surface area contributed by atoms with Crippen LogP contribution >= 0.6 is 23.2 Å². The maximum Gasteiger partial charge on any atom is 0.328 e. The van der Waals surface area contributed by atoms with E-state index in [4.69, 9.17) is 27.9 Å². The van der Waals surface area contributed by atoms with Crippen molar-refractivity contribution >= 4 is 29.2 Å². The first kappa shape index (κ1) is 12.9. The molecule has 0 aliphatic rings. The first-order valence-corrected chi connectivity index (χ1v) is 5.87. The number of ether oxygens (including phenoxy) is 1. The lowest BCUT2D eigenvalue weighted by molar-refractivity contribution is 0.440. The molecule has 0 fully saturated rings. The molecule has 0 bridgehead atoms. The van der Waals surface area contributed by atoms with Gasteiger partial charge < -0.3 is 10.1 Å². The van der Waals surface area contributed by atoms with Crippen LogP contribution in [0.3, 0.4) is 0 Å². The van der Waals surface area contributed by atoms with Gasteiger partial charge in [-0.3, -0.25) is 0 Å². The van der Waals surface area contributed by atoms with Crippen molar-refractivity contribution in [3.05, 3.63) is 34.1 Å². The third-order valence-corrected chi connectivity index (χ3v) is 2.74. The van der Waals surface area contributed by atoms with E-state index < -0.39 is 0 Å². The summed E-state index contributed by atoms with van der Waals surface area (Å²) in [6, 6.07) is 5.39. The van der Waals surface area contributed by atoms with Crippen LogP contribution in [0.1, 0.15) is 5.56 Å². The number of hydrogen-bond acceptors (Lipinski definition) is 5. The SMILES string of the molecule is CNc1nc(Cl)nc(Oc2ccc(Cl)c(C)c2)n1. The van der Waals surface area contributed by atoms with Crippen molar-refractivity contribution in [3.8, 4) is 11.8 Å². The molecule has 94 valence electrons. The molecular weight excluding hydrogens is 275 g/mol. The summed E-state index contributed by atoms with van der Waals surface area (Å²) in [5, 5.41) is 3.50. The van der Waals surface area contributed by atoms with Crippen molar-refractivity contribution in [3.63, 3.8) is 0 Å². The molecule has 0 saturated heterocycles. The number of nitrogens with zero attached hydrogens (tertiary/aromatic N) is 3. The molecule has 2 rings (SSSR count). The average Bonchev–Trinajstić information content (AvgIpc) is 2.33. The maximum atomic E-state index is 5.93. The molecule has 1 heterocycles. The van der Waals surface area contributed by atoms with E-state index in [1.54, 1.807) is 25.2 Å². The van der Waals surface area contributed by atoms with Gasteiger partial charge in [0.15, 0.2) is 0 Å². The minimum atomic E-state index is 0.0648. The predicted octanol–water partition coefficient (Wildman–Crippen LogP) is 3.32. The summed E-state index contributed by atoms with van der Waals surface area (Å²) >= 11 is 11.7. The normalized spacial score (nSPS) is 10.2. The lowest BCUT2D eigenvalue weighted by Gasteiger charge is -2.06. The van der Waals surface area contributed by atoms with Crippen LogP contribution in [0.15, 0.2) is 18.2 Å². The molecule has 1 aromatic heterocycles. The number of hydrogen-bond donors (Lipinski definition) is 1. The summed E-state index contributed by atoms with van der Waals surface area (Å²) < 4.78 is 5.49. The van der Waals surface area contributed by atoms with E-state index in [0.29, 0.717) is 16.7 Å². The Morgan fingerprint density at radius 1 is 1.17 bits per heavy atom. The van der Waals surface area contributed by atoms with Gasteiger partial charge in [-0.2, -0.15) is 15.0 Å². The Morgan fingerprint density at radius 2 is 1.94 bits per heavy atom. The van der Waals surface area contributed by atoms with E-state index in [1.807, 2.05) is 6.92 Å². The molecule has 1 N–H and O–H groups in total. The Morgan fingerprint density at radius 3 is 2.61 bits per heavy atom. The van der Waals surface area contributed by atoms with Gasteiger partial charge >= 0.3 is 6.01 Å². The number of halogens is 2. The highest BCUT2D eigenvalue weighted by atomic mass is 35.5. The van der Waals surface area contributed by atoms with Crippen LogP contribution in [0.5, 0.6) is 11.8 Å². The van der Waals surface area contributed by atoms with Gasteiger partial charge in [0.1, 0.15) is 5.75 Å². The van der Waals surface area contributed by atoms with E-state index in [1.165, 1.54) is 0 Å². The monoisotopic (exact) mass is 284 g/mol. The molecule has 0 saturated carbocycles. The first-order valence-electron chi connectivity index (χ1n) is 5.12. The zero-order valence-electron chi connectivity index (χ0n) is 9.74. The average molecular weight is 285 g/mol. The highest BCUT2D eigenvalue weighted by Gasteiger charge is 2.07. The van der Waals surface area contributed by atoms with Crippen LogP contribution in [0.2, 0.25) is 10.3 Å². The van der Waals surface area contributed by atoms with E-state index in [-0.39, 0.29) is 11.3 Å². The number of anilines is 1. The molecule has 0 spiro atoms. The van der Waals surface area contributed by atoms with Crippen LogP contribution < -0.4 is 10.1 Å². The van der Waals surface area contributed by atoms with Gasteiger partial charge in [0.25, 0.3) is 0 Å². The quantitative estimate of drug-likeness (QED) is 0.937. The molecule has 7 heteroatoms. The molecule has 0 unspecified atom stereocenters. The highest BCUT2D eigenvalue weighted by Crippen LogP contribution is 2.24. The molecule has 2 aromatic rings. The van der Waals surface area contributed by atoms with Gasteiger partial charge in [0, 0.05) is 12.1 Å². The number of nitrogens with one attached hydrogen (secondary N) is 1. The van der Waals surface area contributed by atoms with E-state index in [2.05, 4.69) is 20.3 Å². The van der Waals surface area contributed by atoms with Gasteiger partial charge in [-0.25, -0.2) is 0 Å². The molecule has 18 heavy (non-hydrogen) atoms. The molecule has 5 nitrogen and oxygen atoms in total. The third kappa shape index (κ3) is 3.00. The Balaban J connectivity index is 2.27. The summed E-state index contributed by atoms with van der Waals surface area (Å²) in [7, 11) is 1.68. The summed E-state index contributed by atoms with van der Waals surface area (Å²) in [5.74, 6) is 0.928.